The van der Waals surface area contributed by atoms with Crippen LogP contribution in [0.2, 0.25) is 0 Å². The summed E-state index contributed by atoms with van der Waals surface area (Å²) < 4.78 is 0. The van der Waals surface area contributed by atoms with Gasteiger partial charge in [0.2, 0.25) is 0 Å². The molecule has 0 aliphatic heterocycles. The molecule has 36 heavy (non-hydrogen) atoms. The molecule has 5 rings (SSSR count). The lowest BCUT2D eigenvalue weighted by Gasteiger charge is -2.71. The largest absolute Gasteiger partial charge is 0.481 e. The second kappa shape index (κ2) is 8.03. The minimum atomic E-state index is -1.14. The molecule has 0 saturated heterocycles. The quantitative estimate of drug-likeness (QED) is 0.369. The van der Waals surface area contributed by atoms with Gasteiger partial charge < -0.3 is 25.5 Å². The van der Waals surface area contributed by atoms with Gasteiger partial charge in [-0.3, -0.25) is 4.79 Å². The molecule has 6 heteroatoms. The Kier molecular flexibility index (Phi) is 5.95. The van der Waals surface area contributed by atoms with Crippen LogP contribution in [0.25, 0.3) is 0 Å². The van der Waals surface area contributed by atoms with Gasteiger partial charge in [0.05, 0.1) is 30.8 Å². The first-order valence-electron chi connectivity index (χ1n) is 14.2. The molecule has 0 radical (unpaired) electrons. The van der Waals surface area contributed by atoms with Gasteiger partial charge in [-0.1, -0.05) is 46.3 Å². The summed E-state index contributed by atoms with van der Waals surface area (Å²) >= 11 is 0. The van der Waals surface area contributed by atoms with Crippen molar-refractivity contribution in [2.24, 2.45) is 50.2 Å². The van der Waals surface area contributed by atoms with Crippen LogP contribution >= 0.6 is 0 Å². The van der Waals surface area contributed by atoms with Crippen molar-refractivity contribution in [1.82, 2.24) is 0 Å². The van der Waals surface area contributed by atoms with E-state index in [1.165, 1.54) is 5.57 Å². The first-order chi connectivity index (χ1) is 16.7. The molecule has 0 heterocycles. The highest BCUT2D eigenvalue weighted by Gasteiger charge is 2.71. The van der Waals surface area contributed by atoms with Crippen molar-refractivity contribution in [3.63, 3.8) is 0 Å². The molecule has 0 spiro atoms. The van der Waals surface area contributed by atoms with E-state index in [-0.39, 0.29) is 52.6 Å². The van der Waals surface area contributed by atoms with Gasteiger partial charge in [0.25, 0.3) is 0 Å². The molecule has 0 bridgehead atoms. The minimum Gasteiger partial charge on any atom is -0.481 e. The Morgan fingerprint density at radius 1 is 0.917 bits per heavy atom. The summed E-state index contributed by atoms with van der Waals surface area (Å²) in [6.07, 6.45) is 7.36. The molecule has 0 aromatic carbocycles. The first-order valence-corrected chi connectivity index (χ1v) is 14.2. The summed E-state index contributed by atoms with van der Waals surface area (Å²) in [4.78, 5) is 12.8. The molecule has 6 nitrogen and oxygen atoms in total. The maximum atomic E-state index is 12.8. The predicted octanol–water partition coefficient (Wildman–Crippen LogP) is 4.15. The van der Waals surface area contributed by atoms with Crippen molar-refractivity contribution in [1.29, 1.82) is 0 Å². The average molecular weight is 505 g/mol. The van der Waals surface area contributed by atoms with E-state index in [0.717, 1.165) is 44.9 Å². The third-order valence-corrected chi connectivity index (χ3v) is 13.2. The molecule has 204 valence electrons. The van der Waals surface area contributed by atoms with Gasteiger partial charge in [-0.25, -0.2) is 0 Å². The SMILES string of the molecule is CC1(C)CC[C@]2(C(=O)O)CC[C@]3(C)C(=CC[C@H]4[C@@]5(C)C[C@@H](O)[C@H](O)C(CO)(CO)[C@@H]5CC[C@]43C)[C@H]2C1. The summed E-state index contributed by atoms with van der Waals surface area (Å²) in [5.74, 6) is -0.459. The van der Waals surface area contributed by atoms with Gasteiger partial charge in [-0.2, -0.15) is 0 Å². The summed E-state index contributed by atoms with van der Waals surface area (Å²) in [7, 11) is 0. The minimum absolute atomic E-state index is 0.0496. The molecule has 0 unspecified atom stereocenters. The number of aliphatic hydroxyl groups is 4. The summed E-state index contributed by atoms with van der Waals surface area (Å²) in [5, 5.41) is 53.3. The molecule has 4 saturated carbocycles. The summed E-state index contributed by atoms with van der Waals surface area (Å²) in [5.41, 5.74) is -0.881. The first kappa shape index (κ1) is 26.6. The molecule has 9 atom stereocenters. The van der Waals surface area contributed by atoms with E-state index in [0.29, 0.717) is 12.8 Å². The zero-order chi connectivity index (χ0) is 26.5. The Bertz CT molecular complexity index is 953. The average Bonchev–Trinajstić information content (AvgIpc) is 2.80. The Morgan fingerprint density at radius 3 is 2.17 bits per heavy atom. The Balaban J connectivity index is 1.61. The maximum Gasteiger partial charge on any atom is 0.310 e. The molecule has 0 aromatic heterocycles. The number of hydrogen-bond acceptors (Lipinski definition) is 5. The van der Waals surface area contributed by atoms with E-state index < -0.39 is 29.0 Å². The number of fused-ring (bicyclic) bond motifs is 7. The van der Waals surface area contributed by atoms with Crippen LogP contribution in [0.1, 0.15) is 92.4 Å². The van der Waals surface area contributed by atoms with Crippen LogP contribution < -0.4 is 0 Å². The van der Waals surface area contributed by atoms with Gasteiger partial charge in [0.15, 0.2) is 0 Å². The number of hydrogen-bond donors (Lipinski definition) is 5. The number of aliphatic hydroxyl groups excluding tert-OH is 4. The van der Waals surface area contributed by atoms with E-state index >= 15 is 0 Å². The fourth-order valence-corrected chi connectivity index (χ4v) is 10.8. The smallest absolute Gasteiger partial charge is 0.310 e. The standard InChI is InChI=1S/C30H48O6/c1-25(2)10-12-29(24(35)36)13-11-27(4)18(19(29)14-25)6-7-21-26(3)15-20(33)23(34)30(16-31,17-32)22(26)8-9-28(21,27)5/h6,19-23,31-34H,7-17H2,1-5H3,(H,35,36)/t19-,20-,21+,22-,23+,26-,27-,28-,29+/m1/s1. The highest BCUT2D eigenvalue weighted by molar-refractivity contribution is 5.76. The molecule has 4 fully saturated rings. The monoisotopic (exact) mass is 504 g/mol. The molecule has 5 aliphatic carbocycles. The van der Waals surface area contributed by atoms with Gasteiger partial charge in [-0.05, 0) is 97.2 Å². The third kappa shape index (κ3) is 3.08. The number of allylic oxidation sites excluding steroid dienone is 2. The highest BCUT2D eigenvalue weighted by Crippen LogP contribution is 2.75. The summed E-state index contributed by atoms with van der Waals surface area (Å²) in [6.45, 7) is 10.9. The van der Waals surface area contributed by atoms with E-state index in [2.05, 4.69) is 40.7 Å². The van der Waals surface area contributed by atoms with Crippen LogP contribution in [0.5, 0.6) is 0 Å². The third-order valence-electron chi connectivity index (χ3n) is 13.2. The van der Waals surface area contributed by atoms with Crippen LogP contribution in [0.4, 0.5) is 0 Å². The van der Waals surface area contributed by atoms with Crippen molar-refractivity contribution < 1.29 is 30.3 Å². The van der Waals surface area contributed by atoms with Crippen molar-refractivity contribution in [2.75, 3.05) is 13.2 Å². The molecule has 5 N–H and O–H groups in total. The van der Waals surface area contributed by atoms with Crippen molar-refractivity contribution in [2.45, 2.75) is 105 Å². The van der Waals surface area contributed by atoms with E-state index in [1.54, 1.807) is 0 Å². The molecule has 0 amide bonds. The Morgan fingerprint density at radius 2 is 1.56 bits per heavy atom. The van der Waals surface area contributed by atoms with Crippen molar-refractivity contribution in [3.8, 4) is 0 Å². The van der Waals surface area contributed by atoms with Crippen LogP contribution in [-0.4, -0.2) is 56.9 Å². The molecule has 5 aliphatic rings. The predicted molar refractivity (Wildman–Crippen MR) is 137 cm³/mol. The van der Waals surface area contributed by atoms with Gasteiger partial charge in [0, 0.05) is 5.41 Å². The zero-order valence-electron chi connectivity index (χ0n) is 22.9. The lowest BCUT2D eigenvalue weighted by Crippen LogP contribution is -2.69. The van der Waals surface area contributed by atoms with Crippen molar-refractivity contribution >= 4 is 5.97 Å². The number of aliphatic carboxylic acids is 1. The summed E-state index contributed by atoms with van der Waals surface area (Å²) in [6, 6.07) is 0. The Hall–Kier alpha value is -0.950. The highest BCUT2D eigenvalue weighted by atomic mass is 16.4. The lowest BCUT2D eigenvalue weighted by atomic mass is 9.33. The van der Waals surface area contributed by atoms with Crippen LogP contribution in [-0.2, 0) is 4.79 Å². The van der Waals surface area contributed by atoms with Crippen LogP contribution in [0, 0.1) is 50.2 Å². The second-order valence-electron chi connectivity index (χ2n) is 14.9. The topological polar surface area (TPSA) is 118 Å². The van der Waals surface area contributed by atoms with Crippen LogP contribution in [0.15, 0.2) is 11.6 Å². The number of rotatable bonds is 3. The normalized spacial score (nSPS) is 51.1. The van der Waals surface area contributed by atoms with E-state index in [4.69, 9.17) is 0 Å². The maximum absolute atomic E-state index is 12.8. The molecule has 0 aromatic rings. The van der Waals surface area contributed by atoms with Gasteiger partial charge in [-0.15, -0.1) is 0 Å². The molecular weight excluding hydrogens is 456 g/mol. The molecular formula is C30H48O6. The zero-order valence-corrected chi connectivity index (χ0v) is 22.9. The van der Waals surface area contributed by atoms with E-state index in [1.807, 2.05) is 0 Å². The fraction of sp³-hybridized carbons (Fsp3) is 0.900. The fourth-order valence-electron chi connectivity index (χ4n) is 10.8. The lowest BCUT2D eigenvalue weighted by molar-refractivity contribution is -0.256. The van der Waals surface area contributed by atoms with Crippen molar-refractivity contribution in [3.05, 3.63) is 11.6 Å². The van der Waals surface area contributed by atoms with Crippen LogP contribution in [0.3, 0.4) is 0 Å². The second-order valence-corrected chi connectivity index (χ2v) is 14.9. The number of carboxylic acids is 1. The van der Waals surface area contributed by atoms with Gasteiger partial charge in [0.1, 0.15) is 0 Å². The van der Waals surface area contributed by atoms with E-state index in [9.17, 15) is 30.3 Å². The number of carbonyl (C=O) groups is 1. The Labute approximate surface area is 216 Å². The number of carboxylic acid groups (broad SMARTS) is 1. The van der Waals surface area contributed by atoms with Gasteiger partial charge >= 0.3 is 5.97 Å².